The second kappa shape index (κ2) is 8.98. The lowest BCUT2D eigenvalue weighted by Crippen LogP contribution is -2.12. The third kappa shape index (κ3) is 6.79. The maximum absolute atomic E-state index is 11.4. The van der Waals surface area contributed by atoms with E-state index in [0.29, 0.717) is 11.1 Å². The lowest BCUT2D eigenvalue weighted by Gasteiger charge is -2.07. The Morgan fingerprint density at radius 1 is 0.850 bits per heavy atom. The average molecular weight is 278 g/mol. The zero-order chi connectivity index (χ0) is 15.7. The first-order chi connectivity index (χ1) is 9.27. The molecule has 0 amide bonds. The van der Waals surface area contributed by atoms with Crippen LogP contribution in [0.3, 0.4) is 0 Å². The molecule has 0 atom stereocenters. The summed E-state index contributed by atoms with van der Waals surface area (Å²) < 4.78 is 9.78. The van der Waals surface area contributed by atoms with Crippen LogP contribution in [0.15, 0.2) is 24.3 Å². The molecule has 0 aromatic rings. The Morgan fingerprint density at radius 2 is 1.15 bits per heavy atom. The van der Waals surface area contributed by atoms with Crippen LogP contribution in [0.1, 0.15) is 27.7 Å². The lowest BCUT2D eigenvalue weighted by atomic mass is 10.1. The van der Waals surface area contributed by atoms with Crippen LogP contribution in [0.25, 0.3) is 0 Å². The van der Waals surface area contributed by atoms with Crippen molar-refractivity contribution in [1.29, 1.82) is 0 Å². The van der Waals surface area contributed by atoms with Gasteiger partial charge in [-0.3, -0.25) is 0 Å². The minimum Gasteiger partial charge on any atom is -0.449 e. The maximum Gasteiger partial charge on any atom is 0.334 e. The number of rotatable bonds is 6. The minimum atomic E-state index is -0.459. The predicted octanol–water partition coefficient (Wildman–Crippen LogP) is 2.50. The zero-order valence-corrected chi connectivity index (χ0v) is 12.6. The number of hydrogen-bond acceptors (Lipinski definition) is 4. The fourth-order valence-corrected chi connectivity index (χ4v) is 0.962. The summed E-state index contributed by atoms with van der Waals surface area (Å²) in [7, 11) is 0. The van der Waals surface area contributed by atoms with Gasteiger partial charge < -0.3 is 9.47 Å². The maximum atomic E-state index is 11.4. The van der Waals surface area contributed by atoms with E-state index in [-0.39, 0.29) is 25.0 Å². The molecule has 0 aliphatic rings. The number of carbonyl (C=O) groups excluding carboxylic acids is 2. The average Bonchev–Trinajstić information content (AvgIpc) is 2.39. The Bertz CT molecular complexity index is 407. The molecule has 4 nitrogen and oxygen atoms in total. The van der Waals surface area contributed by atoms with E-state index in [1.807, 2.05) is 27.7 Å². The number of carbonyl (C=O) groups is 2. The van der Waals surface area contributed by atoms with Crippen molar-refractivity contribution < 1.29 is 19.1 Å². The number of esters is 2. The van der Waals surface area contributed by atoms with Gasteiger partial charge in [-0.25, -0.2) is 9.59 Å². The quantitative estimate of drug-likeness (QED) is 0.425. The van der Waals surface area contributed by atoms with Gasteiger partial charge in [-0.1, -0.05) is 52.7 Å². The van der Waals surface area contributed by atoms with Crippen LogP contribution in [-0.4, -0.2) is 25.2 Å². The third-order valence-electron chi connectivity index (χ3n) is 2.59. The zero-order valence-electron chi connectivity index (χ0n) is 12.6. The smallest absolute Gasteiger partial charge is 0.334 e. The minimum absolute atomic E-state index is 0.0402. The van der Waals surface area contributed by atoms with Gasteiger partial charge in [0.1, 0.15) is 0 Å². The Morgan fingerprint density at radius 3 is 1.40 bits per heavy atom. The summed E-state index contributed by atoms with van der Waals surface area (Å²) in [5, 5.41) is 0. The molecule has 0 aliphatic heterocycles. The fraction of sp³-hybridized carbons (Fsp3) is 0.500. The van der Waals surface area contributed by atoms with Crippen LogP contribution in [0, 0.1) is 23.7 Å². The second-order valence-corrected chi connectivity index (χ2v) is 4.87. The highest BCUT2D eigenvalue weighted by Gasteiger charge is 2.12. The van der Waals surface area contributed by atoms with Crippen molar-refractivity contribution in [2.75, 3.05) is 13.2 Å². The molecule has 0 heterocycles. The summed E-state index contributed by atoms with van der Waals surface area (Å²) in [5.74, 6) is 4.35. The monoisotopic (exact) mass is 278 g/mol. The topological polar surface area (TPSA) is 52.6 Å². The highest BCUT2D eigenvalue weighted by Crippen LogP contribution is 2.08. The van der Waals surface area contributed by atoms with Gasteiger partial charge in [0.25, 0.3) is 0 Å². The number of hydrogen-bond donors (Lipinski definition) is 0. The van der Waals surface area contributed by atoms with Crippen LogP contribution in [-0.2, 0) is 19.1 Å². The molecule has 0 bridgehead atoms. The fourth-order valence-electron chi connectivity index (χ4n) is 0.962. The summed E-state index contributed by atoms with van der Waals surface area (Å²) in [6.07, 6.45) is 0. The summed E-state index contributed by atoms with van der Waals surface area (Å²) >= 11 is 0. The van der Waals surface area contributed by atoms with Crippen molar-refractivity contribution in [1.82, 2.24) is 0 Å². The molecular formula is C16H22O4. The largest absolute Gasteiger partial charge is 0.449 e. The highest BCUT2D eigenvalue weighted by atomic mass is 16.5. The summed E-state index contributed by atoms with van der Waals surface area (Å²) in [5.41, 5.74) is 0.818. The Labute approximate surface area is 120 Å². The Kier molecular flexibility index (Phi) is 8.07. The van der Waals surface area contributed by atoms with E-state index in [1.54, 1.807) is 0 Å². The number of ether oxygens (including phenoxy) is 2. The molecule has 0 saturated heterocycles. The first-order valence-corrected chi connectivity index (χ1v) is 6.44. The molecule has 0 rings (SSSR count). The van der Waals surface area contributed by atoms with Crippen molar-refractivity contribution in [3.63, 3.8) is 0 Å². The molecule has 0 saturated carbocycles. The van der Waals surface area contributed by atoms with Gasteiger partial charge in [0.05, 0.1) is 0 Å². The van der Waals surface area contributed by atoms with Gasteiger partial charge in [-0.2, -0.15) is 0 Å². The molecule has 0 radical (unpaired) electrons. The van der Waals surface area contributed by atoms with Crippen molar-refractivity contribution in [2.24, 2.45) is 11.8 Å². The molecule has 4 heteroatoms. The summed E-state index contributed by atoms with van der Waals surface area (Å²) in [6, 6.07) is 0. The van der Waals surface area contributed by atoms with Crippen molar-refractivity contribution >= 4 is 11.9 Å². The molecule has 0 spiro atoms. The van der Waals surface area contributed by atoms with Crippen molar-refractivity contribution in [3.05, 3.63) is 24.3 Å². The highest BCUT2D eigenvalue weighted by molar-refractivity contribution is 5.88. The lowest BCUT2D eigenvalue weighted by molar-refractivity contribution is -0.139. The predicted molar refractivity (Wildman–Crippen MR) is 77.7 cm³/mol. The molecule has 110 valence electrons. The van der Waals surface area contributed by atoms with Gasteiger partial charge in [0, 0.05) is 11.1 Å². The molecular weight excluding hydrogens is 256 g/mol. The van der Waals surface area contributed by atoms with Gasteiger partial charge >= 0.3 is 11.9 Å². The van der Waals surface area contributed by atoms with E-state index in [0.717, 1.165) is 0 Å². The van der Waals surface area contributed by atoms with E-state index in [9.17, 15) is 9.59 Å². The van der Waals surface area contributed by atoms with Gasteiger partial charge in [-0.15, -0.1) is 0 Å². The standard InChI is InChI=1S/C16H22O4/c1-11(2)13(5)15(17)19-9-7-8-10-20-16(18)14(6)12(3)4/h11-12H,5-6,9-10H2,1-4H3. The SMILES string of the molecule is C=C(C(=O)OCC#CCOC(=O)C(=C)C(C)C)C(C)C. The van der Waals surface area contributed by atoms with E-state index in [2.05, 4.69) is 25.0 Å². The normalized spacial score (nSPS) is 9.70. The molecule has 0 N–H and O–H groups in total. The van der Waals surface area contributed by atoms with Crippen LogP contribution in [0.4, 0.5) is 0 Å². The van der Waals surface area contributed by atoms with E-state index >= 15 is 0 Å². The van der Waals surface area contributed by atoms with Gasteiger partial charge in [0.2, 0.25) is 0 Å². The Hall–Kier alpha value is -2.02. The van der Waals surface area contributed by atoms with Crippen LogP contribution >= 0.6 is 0 Å². The van der Waals surface area contributed by atoms with Crippen LogP contribution in [0.2, 0.25) is 0 Å². The molecule has 20 heavy (non-hydrogen) atoms. The summed E-state index contributed by atoms with van der Waals surface area (Å²) in [6.45, 7) is 14.6. The van der Waals surface area contributed by atoms with Crippen molar-refractivity contribution in [2.45, 2.75) is 27.7 Å². The first-order valence-electron chi connectivity index (χ1n) is 6.44. The first kappa shape index (κ1) is 18.0. The van der Waals surface area contributed by atoms with E-state index < -0.39 is 11.9 Å². The molecule has 0 unspecified atom stereocenters. The second-order valence-electron chi connectivity index (χ2n) is 4.87. The Balaban J connectivity index is 3.97. The third-order valence-corrected chi connectivity index (χ3v) is 2.59. The van der Waals surface area contributed by atoms with Crippen LogP contribution in [0.5, 0.6) is 0 Å². The van der Waals surface area contributed by atoms with Crippen molar-refractivity contribution in [3.8, 4) is 11.8 Å². The van der Waals surface area contributed by atoms with Gasteiger partial charge in [0.15, 0.2) is 13.2 Å². The molecule has 0 fully saturated rings. The van der Waals surface area contributed by atoms with E-state index in [4.69, 9.17) is 9.47 Å². The van der Waals surface area contributed by atoms with Crippen LogP contribution < -0.4 is 0 Å². The molecule has 0 aliphatic carbocycles. The summed E-state index contributed by atoms with van der Waals surface area (Å²) in [4.78, 5) is 22.8. The van der Waals surface area contributed by atoms with Gasteiger partial charge in [-0.05, 0) is 11.8 Å². The molecule has 0 aromatic heterocycles. The molecule has 0 aromatic carbocycles. The van der Waals surface area contributed by atoms with E-state index in [1.165, 1.54) is 0 Å².